The Morgan fingerprint density at radius 1 is 1.53 bits per heavy atom. The van der Waals surface area contributed by atoms with Gasteiger partial charge < -0.3 is 15.6 Å². The van der Waals surface area contributed by atoms with Gasteiger partial charge in [0.2, 0.25) is 5.91 Å². The van der Waals surface area contributed by atoms with Gasteiger partial charge in [-0.25, -0.2) is 4.98 Å². The maximum absolute atomic E-state index is 11.9. The van der Waals surface area contributed by atoms with Crippen molar-refractivity contribution in [2.45, 2.75) is 50.7 Å². The van der Waals surface area contributed by atoms with E-state index in [1.807, 2.05) is 12.5 Å². The zero-order valence-electron chi connectivity index (χ0n) is 10.4. The van der Waals surface area contributed by atoms with Crippen molar-refractivity contribution in [3.8, 4) is 0 Å². The maximum atomic E-state index is 11.9. The summed E-state index contributed by atoms with van der Waals surface area (Å²) in [5, 5.41) is 3.04. The number of nitrogens with one attached hydrogen (secondary N) is 1. The van der Waals surface area contributed by atoms with Crippen molar-refractivity contribution < 1.29 is 4.79 Å². The average molecular weight is 236 g/mol. The van der Waals surface area contributed by atoms with Crippen molar-refractivity contribution in [2.75, 3.05) is 0 Å². The molecule has 1 saturated carbocycles. The van der Waals surface area contributed by atoms with E-state index >= 15 is 0 Å². The number of rotatable bonds is 3. The highest BCUT2D eigenvalue weighted by Gasteiger charge is 2.32. The fourth-order valence-corrected chi connectivity index (χ4v) is 2.29. The van der Waals surface area contributed by atoms with Gasteiger partial charge in [-0.15, -0.1) is 0 Å². The predicted octanol–water partition coefficient (Wildman–Crippen LogP) is 0.830. The van der Waals surface area contributed by atoms with E-state index in [0.717, 1.165) is 19.3 Å². The van der Waals surface area contributed by atoms with Gasteiger partial charge in [-0.3, -0.25) is 4.79 Å². The molecule has 0 spiro atoms. The van der Waals surface area contributed by atoms with Crippen molar-refractivity contribution in [2.24, 2.45) is 5.73 Å². The van der Waals surface area contributed by atoms with Gasteiger partial charge in [0.1, 0.15) is 0 Å². The van der Waals surface area contributed by atoms with E-state index in [9.17, 15) is 4.79 Å². The zero-order chi connectivity index (χ0) is 12.5. The standard InChI is InChI=1S/C12H20N4O/c1-12(2,13)11(17)15-9-4-3-5-10(9)16-7-6-14-8-16/h6-10H,3-5,13H2,1-2H3,(H,15,17). The fourth-order valence-electron chi connectivity index (χ4n) is 2.29. The molecule has 1 heterocycles. The molecular weight excluding hydrogens is 216 g/mol. The minimum atomic E-state index is -0.817. The van der Waals surface area contributed by atoms with Crippen LogP contribution in [0.3, 0.4) is 0 Å². The molecule has 2 unspecified atom stereocenters. The molecule has 0 bridgehead atoms. The van der Waals surface area contributed by atoms with E-state index in [1.165, 1.54) is 0 Å². The molecule has 0 aromatic carbocycles. The largest absolute Gasteiger partial charge is 0.350 e. The van der Waals surface area contributed by atoms with Crippen LogP contribution in [0.5, 0.6) is 0 Å². The summed E-state index contributed by atoms with van der Waals surface area (Å²) < 4.78 is 2.07. The highest BCUT2D eigenvalue weighted by atomic mass is 16.2. The molecule has 1 amide bonds. The molecule has 0 saturated heterocycles. The van der Waals surface area contributed by atoms with Crippen LogP contribution < -0.4 is 11.1 Å². The van der Waals surface area contributed by atoms with Crippen LogP contribution in [-0.2, 0) is 4.79 Å². The van der Waals surface area contributed by atoms with Crippen molar-refractivity contribution >= 4 is 5.91 Å². The molecule has 2 atom stereocenters. The third-order valence-electron chi connectivity index (χ3n) is 3.29. The third kappa shape index (κ3) is 2.66. The molecule has 5 nitrogen and oxygen atoms in total. The molecule has 94 valence electrons. The van der Waals surface area contributed by atoms with E-state index in [0.29, 0.717) is 6.04 Å². The normalized spacial score (nSPS) is 24.9. The topological polar surface area (TPSA) is 72.9 Å². The zero-order valence-corrected chi connectivity index (χ0v) is 10.4. The van der Waals surface area contributed by atoms with Gasteiger partial charge in [0, 0.05) is 18.4 Å². The van der Waals surface area contributed by atoms with Crippen LogP contribution in [-0.4, -0.2) is 27.0 Å². The molecule has 1 fully saturated rings. The molecule has 17 heavy (non-hydrogen) atoms. The molecule has 5 heteroatoms. The number of imidazole rings is 1. The molecule has 1 aromatic heterocycles. The molecule has 2 rings (SSSR count). The molecule has 1 aromatic rings. The molecule has 3 N–H and O–H groups in total. The number of hydrogen-bond donors (Lipinski definition) is 2. The first-order valence-corrected chi connectivity index (χ1v) is 6.06. The number of hydrogen-bond acceptors (Lipinski definition) is 3. The first-order valence-electron chi connectivity index (χ1n) is 6.06. The lowest BCUT2D eigenvalue weighted by molar-refractivity contribution is -0.126. The number of aromatic nitrogens is 2. The van der Waals surface area contributed by atoms with E-state index in [2.05, 4.69) is 14.9 Å². The van der Waals surface area contributed by atoms with E-state index in [1.54, 1.807) is 20.0 Å². The van der Waals surface area contributed by atoms with E-state index in [-0.39, 0.29) is 11.9 Å². The SMILES string of the molecule is CC(C)(N)C(=O)NC1CCCC1n1ccnc1. The summed E-state index contributed by atoms with van der Waals surface area (Å²) in [7, 11) is 0. The molecule has 1 aliphatic carbocycles. The highest BCUT2D eigenvalue weighted by Crippen LogP contribution is 2.30. The molecule has 0 radical (unpaired) electrons. The minimum Gasteiger partial charge on any atom is -0.350 e. The summed E-state index contributed by atoms with van der Waals surface area (Å²) in [6, 6.07) is 0.475. The Morgan fingerprint density at radius 2 is 2.29 bits per heavy atom. The Morgan fingerprint density at radius 3 is 2.88 bits per heavy atom. The van der Waals surface area contributed by atoms with Crippen molar-refractivity contribution in [3.63, 3.8) is 0 Å². The Balaban J connectivity index is 2.04. The Hall–Kier alpha value is -1.36. The maximum Gasteiger partial charge on any atom is 0.239 e. The summed E-state index contributed by atoms with van der Waals surface area (Å²) >= 11 is 0. The van der Waals surface area contributed by atoms with E-state index in [4.69, 9.17) is 5.73 Å². The van der Waals surface area contributed by atoms with Gasteiger partial charge in [0.15, 0.2) is 0 Å². The third-order valence-corrected chi connectivity index (χ3v) is 3.29. The van der Waals surface area contributed by atoms with Crippen LogP contribution >= 0.6 is 0 Å². The van der Waals surface area contributed by atoms with Gasteiger partial charge in [-0.1, -0.05) is 0 Å². The van der Waals surface area contributed by atoms with Crippen molar-refractivity contribution in [1.82, 2.24) is 14.9 Å². The summed E-state index contributed by atoms with van der Waals surface area (Å²) in [6.07, 6.45) is 8.73. The number of carbonyl (C=O) groups excluding carboxylic acids is 1. The Labute approximate surface area is 101 Å². The van der Waals surface area contributed by atoms with Gasteiger partial charge in [0.05, 0.1) is 17.9 Å². The predicted molar refractivity (Wildman–Crippen MR) is 65.3 cm³/mol. The second kappa shape index (κ2) is 4.49. The van der Waals surface area contributed by atoms with Crippen LogP contribution in [0, 0.1) is 0 Å². The van der Waals surface area contributed by atoms with Gasteiger partial charge in [-0.2, -0.15) is 0 Å². The molecule has 1 aliphatic rings. The van der Waals surface area contributed by atoms with Crippen molar-refractivity contribution in [1.29, 1.82) is 0 Å². The number of nitrogens with two attached hydrogens (primary N) is 1. The van der Waals surface area contributed by atoms with Crippen LogP contribution in [0.25, 0.3) is 0 Å². The number of amides is 1. The molecule has 0 aliphatic heterocycles. The highest BCUT2D eigenvalue weighted by molar-refractivity contribution is 5.85. The Bertz CT molecular complexity index is 380. The lowest BCUT2D eigenvalue weighted by Gasteiger charge is -2.26. The Kier molecular flexibility index (Phi) is 3.19. The van der Waals surface area contributed by atoms with E-state index < -0.39 is 5.54 Å². The van der Waals surface area contributed by atoms with Crippen LogP contribution in [0.1, 0.15) is 39.2 Å². The summed E-state index contributed by atoms with van der Waals surface area (Å²) in [6.45, 7) is 3.45. The van der Waals surface area contributed by atoms with Gasteiger partial charge in [-0.05, 0) is 33.1 Å². The number of nitrogens with zero attached hydrogens (tertiary/aromatic N) is 2. The lowest BCUT2D eigenvalue weighted by atomic mass is 10.0. The first kappa shape index (κ1) is 12.1. The monoisotopic (exact) mass is 236 g/mol. The minimum absolute atomic E-state index is 0.0884. The van der Waals surface area contributed by atoms with Crippen LogP contribution in [0.2, 0.25) is 0 Å². The molecular formula is C12H20N4O. The number of carbonyl (C=O) groups is 1. The van der Waals surface area contributed by atoms with Crippen molar-refractivity contribution in [3.05, 3.63) is 18.7 Å². The summed E-state index contributed by atoms with van der Waals surface area (Å²) in [5.41, 5.74) is 4.97. The quantitative estimate of drug-likeness (QED) is 0.816. The average Bonchev–Trinajstić information content (AvgIpc) is 2.83. The van der Waals surface area contributed by atoms with Gasteiger partial charge in [0.25, 0.3) is 0 Å². The summed E-state index contributed by atoms with van der Waals surface area (Å²) in [5.74, 6) is -0.0884. The fraction of sp³-hybridized carbons (Fsp3) is 0.667. The smallest absolute Gasteiger partial charge is 0.239 e. The first-order chi connectivity index (χ1) is 7.98. The van der Waals surface area contributed by atoms with Crippen LogP contribution in [0.4, 0.5) is 0 Å². The second-order valence-corrected chi connectivity index (χ2v) is 5.31. The lowest BCUT2D eigenvalue weighted by Crippen LogP contribution is -2.52. The van der Waals surface area contributed by atoms with Gasteiger partial charge >= 0.3 is 0 Å². The second-order valence-electron chi connectivity index (χ2n) is 5.31. The summed E-state index contributed by atoms with van der Waals surface area (Å²) in [4.78, 5) is 15.9. The van der Waals surface area contributed by atoms with Crippen LogP contribution in [0.15, 0.2) is 18.7 Å².